The van der Waals surface area contributed by atoms with Gasteiger partial charge in [0.25, 0.3) is 0 Å². The number of halogens is 2. The van der Waals surface area contributed by atoms with Crippen LogP contribution in [0.15, 0.2) is 85.2 Å². The number of imidazole rings is 1. The number of fused-ring (bicyclic) bond motifs is 1. The molecule has 0 saturated heterocycles. The lowest BCUT2D eigenvalue weighted by Gasteiger charge is -2.35. The molecule has 0 bridgehead atoms. The lowest BCUT2D eigenvalue weighted by atomic mass is 9.88. The molecule has 1 N–H and O–H groups in total. The first kappa shape index (κ1) is 23.4. The van der Waals surface area contributed by atoms with Crippen LogP contribution in [-0.4, -0.2) is 37.5 Å². The fourth-order valence-corrected chi connectivity index (χ4v) is 4.70. The van der Waals surface area contributed by atoms with Gasteiger partial charge in [0.05, 0.1) is 24.5 Å². The van der Waals surface area contributed by atoms with Crippen molar-refractivity contribution in [2.24, 2.45) is 0 Å². The topological polar surface area (TPSA) is 75.4 Å². The van der Waals surface area contributed by atoms with Crippen LogP contribution in [0, 0.1) is 11.6 Å². The van der Waals surface area contributed by atoms with E-state index in [9.17, 15) is 23.5 Å². The molecular formula is C28H23F2N3O3. The molecule has 1 unspecified atom stereocenters. The van der Waals surface area contributed by atoms with Gasteiger partial charge in [0.2, 0.25) is 5.91 Å². The molecule has 5 rings (SSSR count). The summed E-state index contributed by atoms with van der Waals surface area (Å²) < 4.78 is 29.2. The van der Waals surface area contributed by atoms with E-state index in [1.165, 1.54) is 53.4 Å². The smallest absolute Gasteiger partial charge is 0.326 e. The van der Waals surface area contributed by atoms with Gasteiger partial charge < -0.3 is 14.6 Å². The Hall–Kier alpha value is -4.33. The maximum Gasteiger partial charge on any atom is 0.326 e. The Morgan fingerprint density at radius 1 is 0.917 bits per heavy atom. The van der Waals surface area contributed by atoms with E-state index < -0.39 is 35.5 Å². The van der Waals surface area contributed by atoms with Crippen LogP contribution in [0.25, 0.3) is 0 Å². The molecule has 1 atom stereocenters. The number of carboxylic acid groups (broad SMARTS) is 1. The van der Waals surface area contributed by atoms with E-state index >= 15 is 0 Å². The zero-order chi connectivity index (χ0) is 25.2. The predicted octanol–water partition coefficient (Wildman–Crippen LogP) is 4.38. The number of nitrogens with zero attached hydrogens (tertiary/aromatic N) is 3. The van der Waals surface area contributed by atoms with Crippen molar-refractivity contribution < 1.29 is 23.5 Å². The molecule has 0 radical (unpaired) electrons. The monoisotopic (exact) mass is 487 g/mol. The SMILES string of the molecule is O=C(O)C1Cc2c(ncn2Cc2ccccc2)CN1C(=O)C(c1ccc(F)cc1)c1ccc(F)cc1. The van der Waals surface area contributed by atoms with Crippen molar-refractivity contribution in [2.45, 2.75) is 31.5 Å². The predicted molar refractivity (Wildman–Crippen MR) is 128 cm³/mol. The van der Waals surface area contributed by atoms with Crippen LogP contribution in [0.2, 0.25) is 0 Å². The minimum atomic E-state index is -1.13. The van der Waals surface area contributed by atoms with Gasteiger partial charge >= 0.3 is 5.97 Å². The van der Waals surface area contributed by atoms with E-state index in [-0.39, 0.29) is 13.0 Å². The van der Waals surface area contributed by atoms with Crippen molar-refractivity contribution in [3.8, 4) is 0 Å². The molecule has 6 nitrogen and oxygen atoms in total. The number of amides is 1. The number of aliphatic carboxylic acids is 1. The lowest BCUT2D eigenvalue weighted by molar-refractivity contribution is -0.151. The number of rotatable bonds is 6. The van der Waals surface area contributed by atoms with Crippen molar-refractivity contribution in [3.05, 3.63) is 125 Å². The van der Waals surface area contributed by atoms with Crippen molar-refractivity contribution >= 4 is 11.9 Å². The zero-order valence-corrected chi connectivity index (χ0v) is 19.2. The van der Waals surface area contributed by atoms with Crippen LogP contribution < -0.4 is 0 Å². The van der Waals surface area contributed by atoms with Gasteiger partial charge in [-0.05, 0) is 41.0 Å². The first-order chi connectivity index (χ1) is 17.4. The average Bonchev–Trinajstić information content (AvgIpc) is 3.27. The molecule has 1 aliphatic heterocycles. The van der Waals surface area contributed by atoms with Crippen LogP contribution >= 0.6 is 0 Å². The minimum absolute atomic E-state index is 0.0197. The molecule has 8 heteroatoms. The van der Waals surface area contributed by atoms with Gasteiger partial charge in [0.15, 0.2) is 0 Å². The largest absolute Gasteiger partial charge is 0.480 e. The molecule has 4 aromatic rings. The Bertz CT molecular complexity index is 1340. The molecular weight excluding hydrogens is 464 g/mol. The molecule has 36 heavy (non-hydrogen) atoms. The molecule has 0 aliphatic carbocycles. The standard InChI is InChI=1S/C28H23F2N3O3/c29-21-10-6-19(7-11-21)26(20-8-12-22(30)13-9-20)27(34)33-16-23-24(14-25(33)28(35)36)32(17-31-23)15-18-4-2-1-3-5-18/h1-13,17,25-26H,14-16H2,(H,35,36). The van der Waals surface area contributed by atoms with E-state index in [0.717, 1.165) is 11.3 Å². The quantitative estimate of drug-likeness (QED) is 0.438. The molecule has 0 fully saturated rings. The van der Waals surface area contributed by atoms with Crippen molar-refractivity contribution in [2.75, 3.05) is 0 Å². The van der Waals surface area contributed by atoms with Gasteiger partial charge in [-0.15, -0.1) is 0 Å². The second kappa shape index (κ2) is 9.73. The summed E-state index contributed by atoms with van der Waals surface area (Å²) in [7, 11) is 0. The molecule has 3 aromatic carbocycles. The molecule has 1 aliphatic rings. The second-order valence-corrected chi connectivity index (χ2v) is 8.81. The highest BCUT2D eigenvalue weighted by molar-refractivity contribution is 5.91. The summed E-state index contributed by atoms with van der Waals surface area (Å²) in [6.07, 6.45) is 1.77. The number of hydrogen-bond acceptors (Lipinski definition) is 3. The normalized spacial score (nSPS) is 15.1. The highest BCUT2D eigenvalue weighted by atomic mass is 19.1. The van der Waals surface area contributed by atoms with E-state index in [1.54, 1.807) is 6.33 Å². The Morgan fingerprint density at radius 3 is 2.06 bits per heavy atom. The summed E-state index contributed by atoms with van der Waals surface area (Å²) in [6, 6.07) is 19.6. The molecule has 1 aromatic heterocycles. The lowest BCUT2D eigenvalue weighted by Crippen LogP contribution is -2.50. The molecule has 0 saturated carbocycles. The van der Waals surface area contributed by atoms with Crippen LogP contribution in [0.4, 0.5) is 8.78 Å². The van der Waals surface area contributed by atoms with Gasteiger partial charge in [-0.2, -0.15) is 0 Å². The Labute approximate surface area is 206 Å². The number of benzene rings is 3. The first-order valence-electron chi connectivity index (χ1n) is 11.5. The van der Waals surface area contributed by atoms with Crippen LogP contribution in [0.3, 0.4) is 0 Å². The first-order valence-corrected chi connectivity index (χ1v) is 11.5. The maximum absolute atomic E-state index is 13.9. The summed E-state index contributed by atoms with van der Waals surface area (Å²) in [6.45, 7) is 0.559. The Morgan fingerprint density at radius 2 is 1.50 bits per heavy atom. The van der Waals surface area contributed by atoms with Gasteiger partial charge in [-0.3, -0.25) is 4.79 Å². The molecule has 2 heterocycles. The summed E-state index contributed by atoms with van der Waals surface area (Å²) in [4.78, 5) is 32.1. The number of aromatic nitrogens is 2. The number of carbonyl (C=O) groups excluding carboxylic acids is 1. The number of carbonyl (C=O) groups is 2. The Balaban J connectivity index is 1.50. The number of carboxylic acids is 1. The average molecular weight is 488 g/mol. The summed E-state index contributed by atoms with van der Waals surface area (Å²) >= 11 is 0. The van der Waals surface area contributed by atoms with Crippen LogP contribution in [-0.2, 0) is 29.1 Å². The summed E-state index contributed by atoms with van der Waals surface area (Å²) in [5, 5.41) is 10.1. The fraction of sp³-hybridized carbons (Fsp3) is 0.179. The van der Waals surface area contributed by atoms with Gasteiger partial charge in [-0.25, -0.2) is 18.6 Å². The van der Waals surface area contributed by atoms with Gasteiger partial charge in [-0.1, -0.05) is 54.6 Å². The highest BCUT2D eigenvalue weighted by Crippen LogP contribution is 2.32. The third-order valence-electron chi connectivity index (χ3n) is 6.53. The summed E-state index contributed by atoms with van der Waals surface area (Å²) in [5.74, 6) is -3.44. The third-order valence-corrected chi connectivity index (χ3v) is 6.53. The van der Waals surface area contributed by atoms with Gasteiger partial charge in [0.1, 0.15) is 17.7 Å². The minimum Gasteiger partial charge on any atom is -0.480 e. The highest BCUT2D eigenvalue weighted by Gasteiger charge is 2.40. The molecule has 0 spiro atoms. The second-order valence-electron chi connectivity index (χ2n) is 8.81. The van der Waals surface area contributed by atoms with Crippen molar-refractivity contribution in [1.29, 1.82) is 0 Å². The third kappa shape index (κ3) is 4.62. The number of hydrogen-bond donors (Lipinski definition) is 1. The van der Waals surface area contributed by atoms with E-state index in [1.807, 2.05) is 34.9 Å². The van der Waals surface area contributed by atoms with E-state index in [2.05, 4.69) is 4.98 Å². The van der Waals surface area contributed by atoms with Crippen molar-refractivity contribution in [3.63, 3.8) is 0 Å². The van der Waals surface area contributed by atoms with Crippen LogP contribution in [0.5, 0.6) is 0 Å². The maximum atomic E-state index is 13.9. The Kier molecular flexibility index (Phi) is 6.33. The summed E-state index contributed by atoms with van der Waals surface area (Å²) in [5.41, 5.74) is 3.43. The molecule has 182 valence electrons. The molecule has 1 amide bonds. The zero-order valence-electron chi connectivity index (χ0n) is 19.2. The van der Waals surface area contributed by atoms with E-state index in [0.29, 0.717) is 23.4 Å². The van der Waals surface area contributed by atoms with Crippen molar-refractivity contribution in [1.82, 2.24) is 14.5 Å². The van der Waals surface area contributed by atoms with E-state index in [4.69, 9.17) is 0 Å². The fourth-order valence-electron chi connectivity index (χ4n) is 4.70. The van der Waals surface area contributed by atoms with Crippen LogP contribution in [0.1, 0.15) is 34.0 Å². The van der Waals surface area contributed by atoms with Gasteiger partial charge in [0, 0.05) is 18.7 Å².